The molecule has 2 rings (SSSR count). The first-order valence-electron chi connectivity index (χ1n) is 4.05. The van der Waals surface area contributed by atoms with Crippen LogP contribution in [0.4, 0.5) is 4.39 Å². The summed E-state index contributed by atoms with van der Waals surface area (Å²) in [6, 6.07) is 0. The van der Waals surface area contributed by atoms with Gasteiger partial charge in [-0.3, -0.25) is 0 Å². The van der Waals surface area contributed by atoms with E-state index in [4.69, 9.17) is 0 Å². The molecule has 2 aliphatic rings. The van der Waals surface area contributed by atoms with Crippen molar-refractivity contribution >= 4 is 5.71 Å². The summed E-state index contributed by atoms with van der Waals surface area (Å²) in [6.07, 6.45) is 9.56. The molecule has 2 atom stereocenters. The van der Waals surface area contributed by atoms with Crippen LogP contribution in [0.25, 0.3) is 0 Å². The van der Waals surface area contributed by atoms with Crippen molar-refractivity contribution in [3.8, 4) is 0 Å². The maximum Gasteiger partial charge on any atom is 0.209 e. The zero-order valence-electron chi connectivity index (χ0n) is 6.87. The second kappa shape index (κ2) is 2.70. The summed E-state index contributed by atoms with van der Waals surface area (Å²) in [5.41, 5.74) is 0.862. The van der Waals surface area contributed by atoms with Gasteiger partial charge in [-0.05, 0) is 13.0 Å². The molecule has 0 spiro atoms. The summed E-state index contributed by atoms with van der Waals surface area (Å²) in [4.78, 5) is 3.79. The summed E-state index contributed by atoms with van der Waals surface area (Å²) in [7, 11) is 0. The van der Waals surface area contributed by atoms with E-state index in [9.17, 15) is 4.39 Å². The summed E-state index contributed by atoms with van der Waals surface area (Å²) in [6.45, 7) is 1.87. The molecule has 12 heavy (non-hydrogen) atoms. The third-order valence-electron chi connectivity index (χ3n) is 2.27. The lowest BCUT2D eigenvalue weighted by Gasteiger charge is -2.23. The zero-order chi connectivity index (χ0) is 8.55. The summed E-state index contributed by atoms with van der Waals surface area (Å²) in [5, 5.41) is 0. The minimum Gasteiger partial charge on any atom is -0.229 e. The van der Waals surface area contributed by atoms with Crippen LogP contribution in [0.1, 0.15) is 6.92 Å². The number of aliphatic imine (C=N–C) groups is 1. The van der Waals surface area contributed by atoms with E-state index >= 15 is 0 Å². The number of rotatable bonds is 0. The largest absolute Gasteiger partial charge is 0.229 e. The standard InChI is InChI=1S/C10H10FN/c1-7-9-5-3-2-4-8(9)6-10(11)12-7/h2-6,8-9H,1H3. The van der Waals surface area contributed by atoms with Crippen molar-refractivity contribution in [2.24, 2.45) is 16.8 Å². The highest BCUT2D eigenvalue weighted by molar-refractivity contribution is 5.88. The summed E-state index contributed by atoms with van der Waals surface area (Å²) < 4.78 is 12.8. The molecule has 0 bridgehead atoms. The number of hydrogen-bond donors (Lipinski definition) is 0. The van der Waals surface area contributed by atoms with Gasteiger partial charge in [-0.1, -0.05) is 24.3 Å². The molecule has 1 aliphatic carbocycles. The van der Waals surface area contributed by atoms with Crippen LogP contribution in [0, 0.1) is 11.8 Å². The van der Waals surface area contributed by atoms with Crippen molar-refractivity contribution in [1.29, 1.82) is 0 Å². The number of hydrogen-bond acceptors (Lipinski definition) is 1. The van der Waals surface area contributed by atoms with Gasteiger partial charge in [-0.25, -0.2) is 4.99 Å². The highest BCUT2D eigenvalue weighted by atomic mass is 19.1. The van der Waals surface area contributed by atoms with Crippen molar-refractivity contribution in [1.82, 2.24) is 0 Å². The third-order valence-corrected chi connectivity index (χ3v) is 2.27. The van der Waals surface area contributed by atoms with Crippen molar-refractivity contribution in [2.75, 3.05) is 0 Å². The van der Waals surface area contributed by atoms with Gasteiger partial charge in [-0.2, -0.15) is 4.39 Å². The Kier molecular flexibility index (Phi) is 1.68. The smallest absolute Gasteiger partial charge is 0.209 e. The molecule has 0 saturated heterocycles. The highest BCUT2D eigenvalue weighted by Gasteiger charge is 2.23. The Labute approximate surface area is 71.0 Å². The molecule has 0 fully saturated rings. The van der Waals surface area contributed by atoms with Crippen LogP contribution < -0.4 is 0 Å². The van der Waals surface area contributed by atoms with Gasteiger partial charge in [0.25, 0.3) is 0 Å². The second-order valence-corrected chi connectivity index (χ2v) is 3.12. The average molecular weight is 163 g/mol. The fourth-order valence-corrected chi connectivity index (χ4v) is 1.64. The molecule has 0 aromatic carbocycles. The van der Waals surface area contributed by atoms with E-state index in [2.05, 4.69) is 11.1 Å². The van der Waals surface area contributed by atoms with E-state index in [1.807, 2.05) is 25.2 Å². The normalized spacial score (nSPS) is 32.5. The Balaban J connectivity index is 2.36. The Morgan fingerprint density at radius 3 is 2.92 bits per heavy atom. The van der Waals surface area contributed by atoms with Crippen LogP contribution in [0.5, 0.6) is 0 Å². The minimum absolute atomic E-state index is 0.174. The number of fused-ring (bicyclic) bond motifs is 1. The van der Waals surface area contributed by atoms with Crippen molar-refractivity contribution < 1.29 is 4.39 Å². The second-order valence-electron chi connectivity index (χ2n) is 3.12. The Hall–Kier alpha value is -1.18. The fraction of sp³-hybridized carbons (Fsp3) is 0.300. The molecule has 0 aromatic rings. The molecule has 0 aromatic heterocycles. The SMILES string of the molecule is CC1=NC(F)=CC2C=CC=CC12. The number of halogens is 1. The van der Waals surface area contributed by atoms with E-state index in [1.54, 1.807) is 6.08 Å². The molecule has 0 saturated carbocycles. The van der Waals surface area contributed by atoms with E-state index in [1.165, 1.54) is 0 Å². The summed E-state index contributed by atoms with van der Waals surface area (Å²) in [5.74, 6) is 0.0932. The van der Waals surface area contributed by atoms with Crippen molar-refractivity contribution in [2.45, 2.75) is 6.92 Å². The zero-order valence-corrected chi connectivity index (χ0v) is 6.87. The monoisotopic (exact) mass is 163 g/mol. The van der Waals surface area contributed by atoms with E-state index in [0.29, 0.717) is 0 Å². The van der Waals surface area contributed by atoms with Gasteiger partial charge < -0.3 is 0 Å². The Morgan fingerprint density at radius 2 is 2.08 bits per heavy atom. The predicted octanol–water partition coefficient (Wildman–Crippen LogP) is 2.63. The first-order valence-corrected chi connectivity index (χ1v) is 4.05. The van der Waals surface area contributed by atoms with Crippen LogP contribution >= 0.6 is 0 Å². The molecule has 0 amide bonds. The first kappa shape index (κ1) is 7.47. The Bertz CT molecular complexity index is 310. The fourth-order valence-electron chi connectivity index (χ4n) is 1.64. The number of nitrogens with zero attached hydrogens (tertiary/aromatic N) is 1. The molecule has 0 N–H and O–H groups in total. The third kappa shape index (κ3) is 1.13. The maximum absolute atomic E-state index is 12.8. The molecule has 1 nitrogen and oxygen atoms in total. The molecule has 0 radical (unpaired) electrons. The molecule has 1 heterocycles. The van der Waals surface area contributed by atoms with Gasteiger partial charge in [-0.15, -0.1) is 0 Å². The minimum atomic E-state index is -0.353. The molecule has 1 aliphatic heterocycles. The van der Waals surface area contributed by atoms with Gasteiger partial charge in [0.05, 0.1) is 0 Å². The molecule has 2 unspecified atom stereocenters. The van der Waals surface area contributed by atoms with E-state index in [-0.39, 0.29) is 17.8 Å². The summed E-state index contributed by atoms with van der Waals surface area (Å²) >= 11 is 0. The average Bonchev–Trinajstić information content (AvgIpc) is 2.04. The van der Waals surface area contributed by atoms with Crippen LogP contribution in [0.15, 0.2) is 41.3 Å². The molecular weight excluding hydrogens is 153 g/mol. The molecule has 62 valence electrons. The van der Waals surface area contributed by atoms with Crippen LogP contribution in [0.2, 0.25) is 0 Å². The quantitative estimate of drug-likeness (QED) is 0.487. The van der Waals surface area contributed by atoms with Crippen LogP contribution in [-0.2, 0) is 0 Å². The lowest BCUT2D eigenvalue weighted by molar-refractivity contribution is 0.572. The maximum atomic E-state index is 12.8. The molecule has 2 heteroatoms. The predicted molar refractivity (Wildman–Crippen MR) is 47.6 cm³/mol. The van der Waals surface area contributed by atoms with Gasteiger partial charge in [0, 0.05) is 17.5 Å². The highest BCUT2D eigenvalue weighted by Crippen LogP contribution is 2.28. The van der Waals surface area contributed by atoms with Crippen molar-refractivity contribution in [3.63, 3.8) is 0 Å². The van der Waals surface area contributed by atoms with Crippen LogP contribution in [0.3, 0.4) is 0 Å². The topological polar surface area (TPSA) is 12.4 Å². The van der Waals surface area contributed by atoms with E-state index < -0.39 is 0 Å². The Morgan fingerprint density at radius 1 is 1.33 bits per heavy atom. The first-order chi connectivity index (χ1) is 5.77. The van der Waals surface area contributed by atoms with Gasteiger partial charge in [0.1, 0.15) is 0 Å². The van der Waals surface area contributed by atoms with Gasteiger partial charge >= 0.3 is 0 Å². The van der Waals surface area contributed by atoms with E-state index in [0.717, 1.165) is 5.71 Å². The number of allylic oxidation sites excluding steroid dienone is 5. The van der Waals surface area contributed by atoms with Crippen molar-refractivity contribution in [3.05, 3.63) is 36.3 Å². The van der Waals surface area contributed by atoms with Gasteiger partial charge in [0.2, 0.25) is 5.95 Å². The molecular formula is C10H10FN. The lowest BCUT2D eigenvalue weighted by atomic mass is 9.84. The van der Waals surface area contributed by atoms with Crippen LogP contribution in [-0.4, -0.2) is 5.71 Å². The lowest BCUT2D eigenvalue weighted by Crippen LogP contribution is -2.21. The van der Waals surface area contributed by atoms with Gasteiger partial charge in [0.15, 0.2) is 0 Å².